The molecule has 0 saturated heterocycles. The van der Waals surface area contributed by atoms with Crippen LogP contribution in [0.1, 0.15) is 26.1 Å². The Morgan fingerprint density at radius 2 is 1.93 bits per heavy atom. The van der Waals surface area contributed by atoms with Crippen LogP contribution in [0.4, 0.5) is 11.4 Å². The second-order valence-corrected chi connectivity index (χ2v) is 7.55. The highest BCUT2D eigenvalue weighted by atomic mass is 32.2. The van der Waals surface area contributed by atoms with Crippen molar-refractivity contribution in [3.8, 4) is 0 Å². The van der Waals surface area contributed by atoms with E-state index in [1.807, 2.05) is 49.4 Å². The fourth-order valence-corrected chi connectivity index (χ4v) is 3.87. The topological polar surface area (TPSA) is 76.0 Å². The molecule has 146 valence electrons. The average Bonchev–Trinajstić information content (AvgIpc) is 2.95. The van der Waals surface area contributed by atoms with Gasteiger partial charge in [-0.25, -0.2) is 4.98 Å². The number of aromatic nitrogens is 2. The molecule has 2 aromatic carbocycles. The lowest BCUT2D eigenvalue weighted by atomic mass is 10.2. The van der Waals surface area contributed by atoms with Gasteiger partial charge in [-0.2, -0.15) is 0 Å². The van der Waals surface area contributed by atoms with Crippen LogP contribution in [0.25, 0.3) is 11.0 Å². The minimum atomic E-state index is -0.136. The number of thioether (sulfide) groups is 1. The first-order valence-corrected chi connectivity index (χ1v) is 10.2. The number of nitrogens with one attached hydrogen (secondary N) is 2. The van der Waals surface area contributed by atoms with Crippen LogP contribution in [-0.2, 0) is 16.1 Å². The highest BCUT2D eigenvalue weighted by Crippen LogP contribution is 2.27. The van der Waals surface area contributed by atoms with Gasteiger partial charge in [-0.1, -0.05) is 19.1 Å². The molecule has 2 amide bonds. The van der Waals surface area contributed by atoms with E-state index in [9.17, 15) is 9.59 Å². The summed E-state index contributed by atoms with van der Waals surface area (Å²) in [6.07, 6.45) is 1.04. The maximum Gasteiger partial charge on any atom is 0.234 e. The molecule has 0 radical (unpaired) electrons. The molecule has 2 N–H and O–H groups in total. The first kappa shape index (κ1) is 19.9. The van der Waals surface area contributed by atoms with Crippen LogP contribution in [-0.4, -0.2) is 27.1 Å². The van der Waals surface area contributed by atoms with E-state index in [2.05, 4.69) is 27.1 Å². The fourth-order valence-electron chi connectivity index (χ4n) is 3.06. The standard InChI is InChI=1S/C21H24N4O2S/c1-4-11-25-14(2)22-18-12-16(9-10-19(18)25)24-21(27)13-28-20-8-6-5-7-17(20)23-15(3)26/h5-10,12H,4,11,13H2,1-3H3,(H,23,26)(H,24,27). The normalized spacial score (nSPS) is 10.8. The van der Waals surface area contributed by atoms with Crippen molar-refractivity contribution in [1.82, 2.24) is 9.55 Å². The molecule has 6 nitrogen and oxygen atoms in total. The summed E-state index contributed by atoms with van der Waals surface area (Å²) in [5.74, 6) is 0.985. The molecule has 7 heteroatoms. The summed E-state index contributed by atoms with van der Waals surface area (Å²) in [5.41, 5.74) is 3.41. The number of fused-ring (bicyclic) bond motifs is 1. The van der Waals surface area contributed by atoms with Gasteiger partial charge in [0.1, 0.15) is 5.82 Å². The minimum Gasteiger partial charge on any atom is -0.328 e. The maximum absolute atomic E-state index is 12.4. The third-order valence-corrected chi connectivity index (χ3v) is 5.30. The van der Waals surface area contributed by atoms with Crippen LogP contribution in [0.5, 0.6) is 0 Å². The van der Waals surface area contributed by atoms with Gasteiger partial charge >= 0.3 is 0 Å². The van der Waals surface area contributed by atoms with Crippen molar-refractivity contribution in [3.63, 3.8) is 0 Å². The molecular weight excluding hydrogens is 372 g/mol. The molecule has 3 rings (SSSR count). The van der Waals surface area contributed by atoms with Gasteiger partial charge in [0.2, 0.25) is 11.8 Å². The summed E-state index contributed by atoms with van der Waals surface area (Å²) in [7, 11) is 0. The summed E-state index contributed by atoms with van der Waals surface area (Å²) in [4.78, 5) is 29.2. The predicted octanol–water partition coefficient (Wildman–Crippen LogP) is 4.44. The second-order valence-electron chi connectivity index (χ2n) is 6.53. The van der Waals surface area contributed by atoms with E-state index in [1.165, 1.54) is 18.7 Å². The molecule has 0 unspecified atom stereocenters. The first-order valence-electron chi connectivity index (χ1n) is 9.24. The zero-order valence-corrected chi connectivity index (χ0v) is 17.1. The smallest absolute Gasteiger partial charge is 0.234 e. The van der Waals surface area contributed by atoms with Crippen LogP contribution in [0.2, 0.25) is 0 Å². The van der Waals surface area contributed by atoms with E-state index in [0.717, 1.165) is 40.4 Å². The Morgan fingerprint density at radius 1 is 1.14 bits per heavy atom. The Kier molecular flexibility index (Phi) is 6.36. The van der Waals surface area contributed by atoms with Gasteiger partial charge in [-0.05, 0) is 43.7 Å². The van der Waals surface area contributed by atoms with Gasteiger partial charge < -0.3 is 15.2 Å². The van der Waals surface area contributed by atoms with Gasteiger partial charge in [-0.15, -0.1) is 11.8 Å². The third-order valence-electron chi connectivity index (χ3n) is 4.23. The van der Waals surface area contributed by atoms with Crippen molar-refractivity contribution in [1.29, 1.82) is 0 Å². The molecule has 3 aromatic rings. The molecule has 0 fully saturated rings. The van der Waals surface area contributed by atoms with E-state index >= 15 is 0 Å². The van der Waals surface area contributed by atoms with Crippen LogP contribution in [0, 0.1) is 6.92 Å². The van der Waals surface area contributed by atoms with E-state index < -0.39 is 0 Å². The fraction of sp³-hybridized carbons (Fsp3) is 0.286. The molecule has 0 saturated carbocycles. The van der Waals surface area contributed by atoms with Crippen LogP contribution >= 0.6 is 11.8 Å². The highest BCUT2D eigenvalue weighted by Gasteiger charge is 2.10. The Labute approximate surface area is 168 Å². The number of para-hydroxylation sites is 1. The Balaban J connectivity index is 1.66. The van der Waals surface area contributed by atoms with Gasteiger partial charge in [0, 0.05) is 24.1 Å². The summed E-state index contributed by atoms with van der Waals surface area (Å²) in [5, 5.41) is 5.71. The quantitative estimate of drug-likeness (QED) is 0.579. The van der Waals surface area contributed by atoms with Crippen LogP contribution in [0.15, 0.2) is 47.4 Å². The number of amides is 2. The summed E-state index contributed by atoms with van der Waals surface area (Å²) >= 11 is 1.39. The lowest BCUT2D eigenvalue weighted by Crippen LogP contribution is -2.14. The predicted molar refractivity (Wildman–Crippen MR) is 115 cm³/mol. The number of carbonyl (C=O) groups excluding carboxylic acids is 2. The van der Waals surface area contributed by atoms with Crippen LogP contribution in [0.3, 0.4) is 0 Å². The zero-order valence-electron chi connectivity index (χ0n) is 16.3. The minimum absolute atomic E-state index is 0.105. The van der Waals surface area contributed by atoms with Gasteiger partial charge in [-0.3, -0.25) is 9.59 Å². The number of nitrogens with zero attached hydrogens (tertiary/aromatic N) is 2. The Bertz CT molecular complexity index is 1010. The molecule has 0 aliphatic heterocycles. The van der Waals surface area contributed by atoms with E-state index in [4.69, 9.17) is 0 Å². The Hall–Kier alpha value is -2.80. The van der Waals surface area contributed by atoms with Gasteiger partial charge in [0.15, 0.2) is 0 Å². The molecule has 0 atom stereocenters. The van der Waals surface area contributed by atoms with Crippen molar-refractivity contribution in [2.75, 3.05) is 16.4 Å². The summed E-state index contributed by atoms with van der Waals surface area (Å²) in [6.45, 7) is 6.53. The molecule has 1 heterocycles. The van der Waals surface area contributed by atoms with Crippen LogP contribution < -0.4 is 10.6 Å². The number of imidazole rings is 1. The largest absolute Gasteiger partial charge is 0.328 e. The number of aryl methyl sites for hydroxylation is 2. The van der Waals surface area contributed by atoms with Crippen molar-refractivity contribution in [2.45, 2.75) is 38.6 Å². The lowest BCUT2D eigenvalue weighted by Gasteiger charge is -2.10. The first-order chi connectivity index (χ1) is 13.5. The Morgan fingerprint density at radius 3 is 2.68 bits per heavy atom. The van der Waals surface area contributed by atoms with E-state index in [1.54, 1.807) is 0 Å². The van der Waals surface area contributed by atoms with Crippen molar-refractivity contribution in [3.05, 3.63) is 48.3 Å². The summed E-state index contributed by atoms with van der Waals surface area (Å²) < 4.78 is 2.19. The number of hydrogen-bond acceptors (Lipinski definition) is 4. The monoisotopic (exact) mass is 396 g/mol. The van der Waals surface area contributed by atoms with E-state index in [0.29, 0.717) is 5.69 Å². The summed E-state index contributed by atoms with van der Waals surface area (Å²) in [6, 6.07) is 13.3. The third kappa shape index (κ3) is 4.72. The number of carbonyl (C=O) groups is 2. The molecular formula is C21H24N4O2S. The maximum atomic E-state index is 12.4. The van der Waals surface area contributed by atoms with Gasteiger partial charge in [0.25, 0.3) is 0 Å². The number of anilines is 2. The number of hydrogen-bond donors (Lipinski definition) is 2. The molecule has 28 heavy (non-hydrogen) atoms. The van der Waals surface area contributed by atoms with Crippen molar-refractivity contribution in [2.24, 2.45) is 0 Å². The van der Waals surface area contributed by atoms with Gasteiger partial charge in [0.05, 0.1) is 22.5 Å². The molecule has 0 aliphatic rings. The molecule has 0 bridgehead atoms. The molecule has 0 aliphatic carbocycles. The van der Waals surface area contributed by atoms with E-state index in [-0.39, 0.29) is 17.6 Å². The molecule has 1 aromatic heterocycles. The highest BCUT2D eigenvalue weighted by molar-refractivity contribution is 8.00. The number of rotatable bonds is 7. The average molecular weight is 397 g/mol. The zero-order chi connectivity index (χ0) is 20.1. The van der Waals surface area contributed by atoms with Crippen molar-refractivity contribution < 1.29 is 9.59 Å². The number of benzene rings is 2. The van der Waals surface area contributed by atoms with Crippen molar-refractivity contribution >= 4 is 46.0 Å². The lowest BCUT2D eigenvalue weighted by molar-refractivity contribution is -0.114. The second kappa shape index (κ2) is 8.93. The SMILES string of the molecule is CCCn1c(C)nc2cc(NC(=O)CSc3ccccc3NC(C)=O)ccc21. The molecule has 0 spiro atoms.